The zero-order valence-corrected chi connectivity index (χ0v) is 41.2. The summed E-state index contributed by atoms with van der Waals surface area (Å²) in [7, 11) is -5.02. The maximum atomic E-state index is 12.9. The molecule has 6 N–H and O–H groups in total. The van der Waals surface area contributed by atoms with Gasteiger partial charge in [-0.05, 0) is 51.4 Å². The maximum absolute atomic E-state index is 12.9. The molecule has 1 saturated carbocycles. The Kier molecular flexibility index (Phi) is 39.5. The van der Waals surface area contributed by atoms with Crippen LogP contribution in [-0.4, -0.2) is 98.9 Å². The number of ether oxygens (including phenoxy) is 2. The second kappa shape index (κ2) is 41.7. The van der Waals surface area contributed by atoms with E-state index in [0.29, 0.717) is 13.0 Å². The van der Waals surface area contributed by atoms with Crippen LogP contribution >= 0.6 is 7.82 Å². The summed E-state index contributed by atoms with van der Waals surface area (Å²) in [4.78, 5) is 23.2. The van der Waals surface area contributed by atoms with Crippen molar-refractivity contribution in [2.24, 2.45) is 0 Å². The lowest BCUT2D eigenvalue weighted by Gasteiger charge is -2.41. The van der Waals surface area contributed by atoms with Crippen LogP contribution in [0.15, 0.2) is 36.5 Å². The Balaban J connectivity index is 2.35. The number of unbranched alkanes of at least 4 members (excludes halogenated alkanes) is 26. The van der Waals surface area contributed by atoms with Crippen LogP contribution in [0.25, 0.3) is 0 Å². The molecular weight excluding hydrogens is 836 g/mol. The fraction of sp³-hybridized carbons (Fsp3) is 0.863. The SMILES string of the molecule is CCCCC/C=C\C/C=C\C/C=C\CCCCCCCCC(=O)OC(COCCCCCCCCCCCCCCCCCCCC)COP(=O)(O)OC1C(O)C(O)C(O)C(O)C1O. The number of phosphoric ester groups is 1. The van der Waals surface area contributed by atoms with Gasteiger partial charge in [0.05, 0.1) is 13.2 Å². The van der Waals surface area contributed by atoms with Gasteiger partial charge in [0, 0.05) is 13.0 Å². The Labute approximate surface area is 389 Å². The molecule has 0 saturated heterocycles. The number of hydrogen-bond acceptors (Lipinski definition) is 11. The molecule has 0 aliphatic heterocycles. The number of allylic oxidation sites excluding steroid dienone is 6. The van der Waals surface area contributed by atoms with E-state index in [4.69, 9.17) is 18.5 Å². The predicted molar refractivity (Wildman–Crippen MR) is 258 cm³/mol. The van der Waals surface area contributed by atoms with Crippen LogP contribution in [-0.2, 0) is 27.9 Å². The van der Waals surface area contributed by atoms with Gasteiger partial charge in [-0.25, -0.2) is 4.57 Å². The molecule has 6 atom stereocenters. The molecule has 13 heteroatoms. The third-order valence-electron chi connectivity index (χ3n) is 12.0. The van der Waals surface area contributed by atoms with Crippen LogP contribution in [0.5, 0.6) is 0 Å². The molecule has 0 aromatic rings. The Morgan fingerprint density at radius 1 is 0.500 bits per heavy atom. The van der Waals surface area contributed by atoms with Gasteiger partial charge in [-0.1, -0.05) is 198 Å². The molecule has 0 spiro atoms. The van der Waals surface area contributed by atoms with Gasteiger partial charge < -0.3 is 39.9 Å². The molecule has 0 radical (unpaired) electrons. The first-order valence-corrected chi connectivity index (χ1v) is 27.3. The van der Waals surface area contributed by atoms with Crippen LogP contribution < -0.4 is 0 Å². The molecule has 12 nitrogen and oxygen atoms in total. The summed E-state index contributed by atoms with van der Waals surface area (Å²) in [6.45, 7) is 4.25. The van der Waals surface area contributed by atoms with Crippen molar-refractivity contribution in [3.8, 4) is 0 Å². The monoisotopic (exact) mass is 931 g/mol. The molecule has 0 aromatic heterocycles. The lowest BCUT2D eigenvalue weighted by Crippen LogP contribution is -2.64. The van der Waals surface area contributed by atoms with E-state index in [1.165, 1.54) is 122 Å². The highest BCUT2D eigenvalue weighted by molar-refractivity contribution is 7.47. The minimum atomic E-state index is -5.02. The summed E-state index contributed by atoms with van der Waals surface area (Å²) >= 11 is 0. The van der Waals surface area contributed by atoms with Crippen molar-refractivity contribution in [1.29, 1.82) is 0 Å². The van der Waals surface area contributed by atoms with Gasteiger partial charge in [0.2, 0.25) is 0 Å². The molecule has 1 rings (SSSR count). The number of rotatable bonds is 44. The number of carbonyl (C=O) groups excluding carboxylic acids is 1. The molecule has 1 aliphatic carbocycles. The van der Waals surface area contributed by atoms with E-state index in [1.54, 1.807) is 0 Å². The van der Waals surface area contributed by atoms with Crippen LogP contribution in [0, 0.1) is 0 Å². The number of aliphatic hydroxyl groups excluding tert-OH is 5. The lowest BCUT2D eigenvalue weighted by atomic mass is 9.85. The molecule has 1 aliphatic rings. The van der Waals surface area contributed by atoms with Crippen LogP contribution in [0.4, 0.5) is 0 Å². The van der Waals surface area contributed by atoms with Crippen molar-refractivity contribution in [3.63, 3.8) is 0 Å². The second-order valence-corrected chi connectivity index (χ2v) is 19.4. The highest BCUT2D eigenvalue weighted by Gasteiger charge is 2.51. The van der Waals surface area contributed by atoms with E-state index in [0.717, 1.165) is 70.6 Å². The van der Waals surface area contributed by atoms with Crippen molar-refractivity contribution in [2.75, 3.05) is 19.8 Å². The first-order valence-electron chi connectivity index (χ1n) is 25.8. The molecular formula is C51H95O12P. The minimum absolute atomic E-state index is 0.0791. The Morgan fingerprint density at radius 3 is 1.36 bits per heavy atom. The van der Waals surface area contributed by atoms with Crippen LogP contribution in [0.2, 0.25) is 0 Å². The van der Waals surface area contributed by atoms with Crippen molar-refractivity contribution in [1.82, 2.24) is 0 Å². The average Bonchev–Trinajstić information content (AvgIpc) is 3.28. The molecule has 0 heterocycles. The number of carbonyl (C=O) groups is 1. The quantitative estimate of drug-likeness (QED) is 0.0147. The third kappa shape index (κ3) is 33.1. The molecule has 0 bridgehead atoms. The smallest absolute Gasteiger partial charge is 0.457 e. The Bertz CT molecular complexity index is 1200. The number of phosphoric acid groups is 1. The fourth-order valence-corrected chi connectivity index (χ4v) is 8.87. The number of hydrogen-bond donors (Lipinski definition) is 6. The van der Waals surface area contributed by atoms with E-state index >= 15 is 0 Å². The molecule has 376 valence electrons. The van der Waals surface area contributed by atoms with Crippen LogP contribution in [0.1, 0.15) is 219 Å². The molecule has 0 amide bonds. The Morgan fingerprint density at radius 2 is 0.875 bits per heavy atom. The van der Waals surface area contributed by atoms with Crippen molar-refractivity contribution in [2.45, 2.75) is 262 Å². The summed E-state index contributed by atoms with van der Waals surface area (Å²) in [6, 6.07) is 0. The topological polar surface area (TPSA) is 192 Å². The van der Waals surface area contributed by atoms with Gasteiger partial charge in [0.25, 0.3) is 0 Å². The van der Waals surface area contributed by atoms with Crippen molar-refractivity contribution in [3.05, 3.63) is 36.5 Å². The standard InChI is InChI=1S/C51H95O12P/c1-3-5-7-9-11-13-15-17-19-21-23-24-26-28-30-32-34-36-38-40-45(52)62-44(43-61-64(58,59)63-51-49(56)47(54)46(53)48(55)50(51)57)42-60-41-39-37-35-33-31-29-27-25-22-20-18-16-14-12-10-8-6-4-2/h11,13,17,19,23-24,44,46-51,53-57H,3-10,12,14-16,18,20-22,25-43H2,1-2H3,(H,58,59)/b13-11-,19-17-,24-23-. The lowest BCUT2D eigenvalue weighted by molar-refractivity contribution is -0.220. The maximum Gasteiger partial charge on any atom is 0.472 e. The molecule has 64 heavy (non-hydrogen) atoms. The van der Waals surface area contributed by atoms with E-state index in [-0.39, 0.29) is 13.0 Å². The first kappa shape index (κ1) is 60.6. The summed E-state index contributed by atoms with van der Waals surface area (Å²) < 4.78 is 34.3. The normalized spacial score (nSPS) is 21.9. The van der Waals surface area contributed by atoms with Gasteiger partial charge in [0.1, 0.15) is 42.7 Å². The van der Waals surface area contributed by atoms with E-state index < -0.39 is 63.1 Å². The van der Waals surface area contributed by atoms with E-state index in [9.17, 15) is 39.8 Å². The van der Waals surface area contributed by atoms with Gasteiger partial charge in [-0.2, -0.15) is 0 Å². The fourth-order valence-electron chi connectivity index (χ4n) is 7.89. The van der Waals surface area contributed by atoms with Gasteiger partial charge in [-0.3, -0.25) is 13.8 Å². The molecule has 0 aromatic carbocycles. The van der Waals surface area contributed by atoms with Gasteiger partial charge in [0.15, 0.2) is 0 Å². The summed E-state index contributed by atoms with van der Waals surface area (Å²) in [5.41, 5.74) is 0. The summed E-state index contributed by atoms with van der Waals surface area (Å²) in [5.74, 6) is -0.486. The average molecular weight is 931 g/mol. The van der Waals surface area contributed by atoms with E-state index in [2.05, 4.69) is 50.3 Å². The Hall–Kier alpha value is -1.44. The number of aliphatic hydroxyl groups is 5. The minimum Gasteiger partial charge on any atom is -0.457 e. The van der Waals surface area contributed by atoms with E-state index in [1.807, 2.05) is 0 Å². The zero-order chi connectivity index (χ0) is 46.9. The van der Waals surface area contributed by atoms with Crippen LogP contribution in [0.3, 0.4) is 0 Å². The van der Waals surface area contributed by atoms with Gasteiger partial charge >= 0.3 is 13.8 Å². The summed E-state index contributed by atoms with van der Waals surface area (Å²) in [6.07, 6.45) is 37.7. The highest BCUT2D eigenvalue weighted by Crippen LogP contribution is 2.47. The molecule has 1 fully saturated rings. The first-order chi connectivity index (χ1) is 31.0. The van der Waals surface area contributed by atoms with Crippen molar-refractivity contribution >= 4 is 13.8 Å². The zero-order valence-electron chi connectivity index (χ0n) is 40.3. The summed E-state index contributed by atoms with van der Waals surface area (Å²) in [5, 5.41) is 50.3. The third-order valence-corrected chi connectivity index (χ3v) is 13.0. The highest BCUT2D eigenvalue weighted by atomic mass is 31.2. The van der Waals surface area contributed by atoms with Gasteiger partial charge in [-0.15, -0.1) is 0 Å². The molecule has 6 unspecified atom stereocenters. The largest absolute Gasteiger partial charge is 0.472 e. The van der Waals surface area contributed by atoms with Crippen molar-refractivity contribution < 1.29 is 58.3 Å². The number of esters is 1. The predicted octanol–water partition coefficient (Wildman–Crippen LogP) is 11.4. The second-order valence-electron chi connectivity index (χ2n) is 18.0.